The van der Waals surface area contributed by atoms with Crippen molar-refractivity contribution in [2.75, 3.05) is 25.4 Å². The van der Waals surface area contributed by atoms with E-state index in [-0.39, 0.29) is 5.78 Å². The number of carbonyl (C=O) groups is 1. The molecule has 4 heteroatoms. The lowest BCUT2D eigenvalue weighted by atomic mass is 10.0. The Labute approximate surface area is 154 Å². The fourth-order valence-electron chi connectivity index (χ4n) is 4.08. The number of ketones is 1. The zero-order chi connectivity index (χ0) is 18.1. The third-order valence-corrected chi connectivity index (χ3v) is 5.36. The van der Waals surface area contributed by atoms with Gasteiger partial charge in [0, 0.05) is 28.0 Å². The van der Waals surface area contributed by atoms with Gasteiger partial charge in [0.2, 0.25) is 0 Å². The Bertz CT molecular complexity index is 934. The standard InChI is InChI=1S/C22H25N3O/c1-16-22(21(26)15-24-13-5-2-6-14-24)19-7-3-4-8-20(19)25(16)18-11-9-17(23)10-12-18/h3-4,7-12H,2,5-6,13-15,23H2,1H3. The summed E-state index contributed by atoms with van der Waals surface area (Å²) in [7, 11) is 0. The van der Waals surface area contributed by atoms with Crippen molar-refractivity contribution in [3.8, 4) is 5.69 Å². The molecule has 1 fully saturated rings. The van der Waals surface area contributed by atoms with E-state index < -0.39 is 0 Å². The number of carbonyl (C=O) groups excluding carboxylic acids is 1. The molecule has 0 saturated carbocycles. The van der Waals surface area contributed by atoms with Gasteiger partial charge in [-0.25, -0.2) is 0 Å². The highest BCUT2D eigenvalue weighted by molar-refractivity contribution is 6.10. The number of likely N-dealkylation sites (tertiary alicyclic amines) is 1. The van der Waals surface area contributed by atoms with Gasteiger partial charge < -0.3 is 10.3 Å². The largest absolute Gasteiger partial charge is 0.399 e. The van der Waals surface area contributed by atoms with Gasteiger partial charge in [0.25, 0.3) is 0 Å². The average molecular weight is 347 g/mol. The number of hydrogen-bond donors (Lipinski definition) is 1. The Hall–Kier alpha value is -2.59. The van der Waals surface area contributed by atoms with E-state index in [4.69, 9.17) is 5.73 Å². The van der Waals surface area contributed by atoms with Crippen LogP contribution in [0.15, 0.2) is 48.5 Å². The maximum atomic E-state index is 13.2. The molecule has 0 unspecified atom stereocenters. The van der Waals surface area contributed by atoms with Crippen LogP contribution in [0, 0.1) is 6.92 Å². The van der Waals surface area contributed by atoms with Crippen LogP contribution in [0.3, 0.4) is 0 Å². The molecule has 0 atom stereocenters. The summed E-state index contributed by atoms with van der Waals surface area (Å²) in [6, 6.07) is 16.0. The lowest BCUT2D eigenvalue weighted by Crippen LogP contribution is -2.34. The van der Waals surface area contributed by atoms with Crippen LogP contribution in [0.5, 0.6) is 0 Å². The second-order valence-electron chi connectivity index (χ2n) is 7.16. The highest BCUT2D eigenvalue weighted by Gasteiger charge is 2.22. The Morgan fingerprint density at radius 3 is 2.42 bits per heavy atom. The molecule has 4 rings (SSSR count). The molecule has 0 bridgehead atoms. The number of nitrogens with two attached hydrogens (primary N) is 1. The molecule has 1 saturated heterocycles. The second-order valence-corrected chi connectivity index (χ2v) is 7.16. The number of para-hydroxylation sites is 1. The SMILES string of the molecule is Cc1c(C(=O)CN2CCCCC2)c2ccccc2n1-c1ccc(N)cc1. The van der Waals surface area contributed by atoms with E-state index in [9.17, 15) is 4.79 Å². The van der Waals surface area contributed by atoms with E-state index in [1.165, 1.54) is 19.3 Å². The number of piperidine rings is 1. The van der Waals surface area contributed by atoms with Gasteiger partial charge in [0.05, 0.1) is 12.1 Å². The molecule has 3 aromatic rings. The van der Waals surface area contributed by atoms with Crippen LogP contribution in [0.1, 0.15) is 35.3 Å². The molecule has 26 heavy (non-hydrogen) atoms. The van der Waals surface area contributed by atoms with E-state index in [2.05, 4.69) is 21.6 Å². The van der Waals surface area contributed by atoms with E-state index in [1.54, 1.807) is 0 Å². The normalized spacial score (nSPS) is 15.4. The third-order valence-electron chi connectivity index (χ3n) is 5.36. The summed E-state index contributed by atoms with van der Waals surface area (Å²) in [5, 5.41) is 1.03. The van der Waals surface area contributed by atoms with Gasteiger partial charge in [0.15, 0.2) is 5.78 Å². The number of rotatable bonds is 4. The van der Waals surface area contributed by atoms with Gasteiger partial charge in [-0.2, -0.15) is 0 Å². The zero-order valence-electron chi connectivity index (χ0n) is 15.2. The van der Waals surface area contributed by atoms with Gasteiger partial charge in [-0.3, -0.25) is 9.69 Å². The summed E-state index contributed by atoms with van der Waals surface area (Å²) in [5.74, 6) is 0.217. The highest BCUT2D eigenvalue weighted by atomic mass is 16.1. The van der Waals surface area contributed by atoms with Crippen molar-refractivity contribution in [1.29, 1.82) is 0 Å². The van der Waals surface area contributed by atoms with Crippen LogP contribution in [0.4, 0.5) is 5.69 Å². The first-order chi connectivity index (χ1) is 12.6. The quantitative estimate of drug-likeness (QED) is 0.569. The first-order valence-electron chi connectivity index (χ1n) is 9.36. The first-order valence-corrected chi connectivity index (χ1v) is 9.36. The molecular formula is C22H25N3O. The Balaban J connectivity index is 1.78. The van der Waals surface area contributed by atoms with Gasteiger partial charge in [-0.1, -0.05) is 24.6 Å². The van der Waals surface area contributed by atoms with Gasteiger partial charge in [-0.05, 0) is 63.2 Å². The molecule has 2 heterocycles. The van der Waals surface area contributed by atoms with Crippen LogP contribution in [-0.4, -0.2) is 34.9 Å². The number of aromatic nitrogens is 1. The van der Waals surface area contributed by atoms with Crippen molar-refractivity contribution in [3.05, 3.63) is 59.8 Å². The number of nitrogens with zero attached hydrogens (tertiary/aromatic N) is 2. The van der Waals surface area contributed by atoms with Crippen molar-refractivity contribution in [2.45, 2.75) is 26.2 Å². The Kier molecular flexibility index (Phi) is 4.51. The minimum Gasteiger partial charge on any atom is -0.399 e. The third kappa shape index (κ3) is 3.01. The lowest BCUT2D eigenvalue weighted by molar-refractivity contribution is 0.0916. The maximum absolute atomic E-state index is 13.2. The molecule has 0 spiro atoms. The van der Waals surface area contributed by atoms with E-state index in [0.29, 0.717) is 6.54 Å². The summed E-state index contributed by atoms with van der Waals surface area (Å²) in [6.45, 7) is 4.61. The highest BCUT2D eigenvalue weighted by Crippen LogP contribution is 2.30. The fraction of sp³-hybridized carbons (Fsp3) is 0.318. The Morgan fingerprint density at radius 2 is 1.69 bits per heavy atom. The fourth-order valence-corrected chi connectivity index (χ4v) is 4.08. The Morgan fingerprint density at radius 1 is 1.00 bits per heavy atom. The summed E-state index contributed by atoms with van der Waals surface area (Å²) >= 11 is 0. The number of hydrogen-bond acceptors (Lipinski definition) is 3. The molecule has 0 radical (unpaired) electrons. The molecule has 1 aliphatic heterocycles. The lowest BCUT2D eigenvalue weighted by Gasteiger charge is -2.25. The number of nitrogen functional groups attached to an aromatic ring is 1. The van der Waals surface area contributed by atoms with E-state index in [0.717, 1.165) is 46.6 Å². The van der Waals surface area contributed by atoms with Crippen LogP contribution >= 0.6 is 0 Å². The molecule has 2 N–H and O–H groups in total. The van der Waals surface area contributed by atoms with Crippen molar-refractivity contribution in [1.82, 2.24) is 9.47 Å². The zero-order valence-corrected chi connectivity index (χ0v) is 15.2. The minimum absolute atomic E-state index is 0.217. The van der Waals surface area contributed by atoms with E-state index >= 15 is 0 Å². The number of Topliss-reactive ketones (excluding diaryl/α,β-unsaturated/α-hetero) is 1. The monoisotopic (exact) mass is 347 g/mol. The molecule has 0 amide bonds. The second kappa shape index (κ2) is 6.96. The summed E-state index contributed by atoms with van der Waals surface area (Å²) in [4.78, 5) is 15.5. The summed E-state index contributed by atoms with van der Waals surface area (Å²) in [6.07, 6.45) is 3.67. The van der Waals surface area contributed by atoms with Crippen LogP contribution < -0.4 is 5.73 Å². The first kappa shape index (κ1) is 16.9. The van der Waals surface area contributed by atoms with Gasteiger partial charge in [0.1, 0.15) is 0 Å². The average Bonchev–Trinajstić information content (AvgIpc) is 2.95. The molecule has 1 aliphatic rings. The predicted octanol–water partition coefficient (Wildman–Crippen LogP) is 4.19. The molecule has 134 valence electrons. The summed E-state index contributed by atoms with van der Waals surface area (Å²) < 4.78 is 2.16. The van der Waals surface area contributed by atoms with Gasteiger partial charge >= 0.3 is 0 Å². The van der Waals surface area contributed by atoms with Crippen LogP contribution in [0.25, 0.3) is 16.6 Å². The predicted molar refractivity (Wildman–Crippen MR) is 107 cm³/mol. The van der Waals surface area contributed by atoms with Gasteiger partial charge in [-0.15, -0.1) is 0 Å². The smallest absolute Gasteiger partial charge is 0.179 e. The molecule has 0 aliphatic carbocycles. The molecule has 4 nitrogen and oxygen atoms in total. The summed E-state index contributed by atoms with van der Waals surface area (Å²) in [5.41, 5.74) is 10.5. The topological polar surface area (TPSA) is 51.3 Å². The molecule has 2 aromatic carbocycles. The molecule has 1 aromatic heterocycles. The number of anilines is 1. The number of fused-ring (bicyclic) bond motifs is 1. The van der Waals surface area contributed by atoms with Crippen LogP contribution in [0.2, 0.25) is 0 Å². The van der Waals surface area contributed by atoms with Crippen molar-refractivity contribution >= 4 is 22.4 Å². The maximum Gasteiger partial charge on any atom is 0.179 e. The van der Waals surface area contributed by atoms with E-state index in [1.807, 2.05) is 43.3 Å². The van der Waals surface area contributed by atoms with Crippen molar-refractivity contribution < 1.29 is 4.79 Å². The number of benzene rings is 2. The van der Waals surface area contributed by atoms with Crippen molar-refractivity contribution in [2.24, 2.45) is 0 Å². The molecular weight excluding hydrogens is 322 g/mol. The van der Waals surface area contributed by atoms with Crippen molar-refractivity contribution in [3.63, 3.8) is 0 Å². The minimum atomic E-state index is 0.217. The van der Waals surface area contributed by atoms with Crippen LogP contribution in [-0.2, 0) is 0 Å².